The first-order valence-electron chi connectivity index (χ1n) is 6.59. The van der Waals surface area contributed by atoms with Crippen molar-refractivity contribution >= 4 is 28.9 Å². The van der Waals surface area contributed by atoms with Crippen LogP contribution in [0.3, 0.4) is 0 Å². The average Bonchev–Trinajstić information content (AvgIpc) is 2.96. The normalized spacial score (nSPS) is 11.3. The third-order valence-corrected chi connectivity index (χ3v) is 3.86. The van der Waals surface area contributed by atoms with Crippen LogP contribution in [-0.2, 0) is 11.2 Å². The van der Waals surface area contributed by atoms with Crippen LogP contribution in [0.2, 0.25) is 0 Å². The van der Waals surface area contributed by atoms with Crippen LogP contribution < -0.4 is 0 Å². The lowest BCUT2D eigenvalue weighted by Crippen LogP contribution is -2.04. The Labute approximate surface area is 135 Å². The highest BCUT2D eigenvalue weighted by Crippen LogP contribution is 2.16. The van der Waals surface area contributed by atoms with Crippen molar-refractivity contribution in [1.29, 1.82) is 0 Å². The summed E-state index contributed by atoms with van der Waals surface area (Å²) in [5.41, 5.74) is 1.64. The van der Waals surface area contributed by atoms with Crippen LogP contribution in [0, 0.1) is 0 Å². The van der Waals surface area contributed by atoms with Crippen LogP contribution in [0.25, 0.3) is 0 Å². The molecule has 0 bridgehead atoms. The van der Waals surface area contributed by atoms with E-state index >= 15 is 0 Å². The number of aromatic nitrogens is 1. The van der Waals surface area contributed by atoms with Crippen LogP contribution >= 0.6 is 11.3 Å². The van der Waals surface area contributed by atoms with Gasteiger partial charge in [0.1, 0.15) is 5.69 Å². The van der Waals surface area contributed by atoms with Gasteiger partial charge in [-0.15, -0.1) is 11.3 Å². The highest BCUT2D eigenvalue weighted by atomic mass is 32.1. The zero-order valence-corrected chi connectivity index (χ0v) is 13.0. The number of carbonyl (C=O) groups excluding carboxylic acids is 2. The molecule has 1 heterocycles. The van der Waals surface area contributed by atoms with Crippen LogP contribution in [0.5, 0.6) is 0 Å². The van der Waals surface area contributed by atoms with Gasteiger partial charge in [-0.2, -0.15) is 0 Å². The number of nitrogens with zero attached hydrogens (tertiary/aromatic N) is 1. The molecule has 0 radical (unpaired) electrons. The number of carboxylic acids is 1. The number of benzene rings is 1. The Bertz CT molecular complexity index is 789. The molecule has 0 spiro atoms. The van der Waals surface area contributed by atoms with Crippen molar-refractivity contribution in [2.45, 2.75) is 13.3 Å². The molecule has 2 rings (SSSR count). The SMILES string of the molecule is CC(=O)c1ccc(Cc2nc(C(=O)/C=C(\O)C(=O)O)cs2)cc1. The summed E-state index contributed by atoms with van der Waals surface area (Å²) < 4.78 is 0. The Balaban J connectivity index is 2.10. The van der Waals surface area contributed by atoms with Gasteiger partial charge in [-0.3, -0.25) is 9.59 Å². The van der Waals surface area contributed by atoms with Crippen molar-refractivity contribution in [2.24, 2.45) is 0 Å². The Hall–Kier alpha value is -2.80. The van der Waals surface area contributed by atoms with Crippen molar-refractivity contribution in [3.05, 3.63) is 63.3 Å². The number of hydrogen-bond donors (Lipinski definition) is 2. The molecule has 2 aromatic rings. The number of allylic oxidation sites excluding steroid dienone is 1. The monoisotopic (exact) mass is 331 g/mol. The molecule has 6 nitrogen and oxygen atoms in total. The number of rotatable bonds is 6. The predicted octanol–water partition coefficient (Wildman–Crippen LogP) is 2.65. The number of aliphatic carboxylic acids is 1. The van der Waals surface area contributed by atoms with Gasteiger partial charge in [0.2, 0.25) is 11.5 Å². The zero-order valence-electron chi connectivity index (χ0n) is 12.1. The maximum absolute atomic E-state index is 11.8. The highest BCUT2D eigenvalue weighted by molar-refractivity contribution is 7.09. The molecule has 0 atom stereocenters. The van der Waals surface area contributed by atoms with Gasteiger partial charge < -0.3 is 10.2 Å². The minimum Gasteiger partial charge on any atom is -0.502 e. The summed E-state index contributed by atoms with van der Waals surface area (Å²) in [6.07, 6.45) is 1.12. The van der Waals surface area contributed by atoms with E-state index in [-0.39, 0.29) is 11.5 Å². The van der Waals surface area contributed by atoms with E-state index in [4.69, 9.17) is 10.2 Å². The van der Waals surface area contributed by atoms with Gasteiger partial charge >= 0.3 is 5.97 Å². The van der Waals surface area contributed by atoms with Crippen LogP contribution in [-0.4, -0.2) is 32.7 Å². The summed E-state index contributed by atoms with van der Waals surface area (Å²) in [6, 6.07) is 7.08. The molecule has 0 aliphatic rings. The van der Waals surface area contributed by atoms with Crippen molar-refractivity contribution in [3.8, 4) is 0 Å². The first kappa shape index (κ1) is 16.6. The molecule has 7 heteroatoms. The smallest absolute Gasteiger partial charge is 0.371 e. The molecular formula is C16H13NO5S. The summed E-state index contributed by atoms with van der Waals surface area (Å²) in [5.74, 6) is -3.27. The Morgan fingerprint density at radius 1 is 1.17 bits per heavy atom. The summed E-state index contributed by atoms with van der Waals surface area (Å²) >= 11 is 1.26. The number of thiazole rings is 1. The second-order valence-corrected chi connectivity index (χ2v) is 5.70. The lowest BCUT2D eigenvalue weighted by Gasteiger charge is -1.99. The summed E-state index contributed by atoms with van der Waals surface area (Å²) in [6.45, 7) is 1.49. The number of hydrogen-bond acceptors (Lipinski definition) is 6. The Morgan fingerprint density at radius 2 is 1.83 bits per heavy atom. The number of carbonyl (C=O) groups is 3. The zero-order chi connectivity index (χ0) is 17.0. The topological polar surface area (TPSA) is 105 Å². The lowest BCUT2D eigenvalue weighted by atomic mass is 10.1. The minimum atomic E-state index is -1.57. The fraction of sp³-hybridized carbons (Fsp3) is 0.125. The van der Waals surface area contributed by atoms with E-state index in [2.05, 4.69) is 4.98 Å². The van der Waals surface area contributed by atoms with E-state index in [1.54, 1.807) is 12.1 Å². The van der Waals surface area contributed by atoms with E-state index in [0.29, 0.717) is 23.1 Å². The van der Waals surface area contributed by atoms with Gasteiger partial charge in [0, 0.05) is 23.4 Å². The molecule has 23 heavy (non-hydrogen) atoms. The standard InChI is InChI=1S/C16H13NO5S/c1-9(18)11-4-2-10(3-5-11)6-15-17-12(8-23-15)13(19)7-14(20)16(21)22/h2-5,7-8,20H,6H2,1H3,(H,21,22)/b14-7-. The molecular weight excluding hydrogens is 318 g/mol. The fourth-order valence-corrected chi connectivity index (χ4v) is 2.61. The van der Waals surface area contributed by atoms with Crippen molar-refractivity contribution in [3.63, 3.8) is 0 Å². The second kappa shape index (κ2) is 6.97. The fourth-order valence-electron chi connectivity index (χ4n) is 1.80. The molecule has 0 saturated carbocycles. The third-order valence-electron chi connectivity index (χ3n) is 3.01. The average molecular weight is 331 g/mol. The molecule has 0 amide bonds. The molecule has 2 N–H and O–H groups in total. The predicted molar refractivity (Wildman–Crippen MR) is 84.0 cm³/mol. The number of carboxylic acid groups (broad SMARTS) is 1. The van der Waals surface area contributed by atoms with Crippen molar-refractivity contribution < 1.29 is 24.6 Å². The minimum absolute atomic E-state index is 0.0105. The number of aliphatic hydroxyl groups is 1. The first-order chi connectivity index (χ1) is 10.9. The summed E-state index contributed by atoms with van der Waals surface area (Å²) in [7, 11) is 0. The van der Waals surface area contributed by atoms with Gasteiger partial charge in [-0.05, 0) is 12.5 Å². The van der Waals surface area contributed by atoms with Gasteiger partial charge in [-0.25, -0.2) is 9.78 Å². The second-order valence-electron chi connectivity index (χ2n) is 4.76. The van der Waals surface area contributed by atoms with E-state index in [1.165, 1.54) is 23.6 Å². The summed E-state index contributed by atoms with van der Waals surface area (Å²) in [5, 5.41) is 19.8. The van der Waals surface area contributed by atoms with Gasteiger partial charge in [0.15, 0.2) is 5.78 Å². The van der Waals surface area contributed by atoms with E-state index in [9.17, 15) is 14.4 Å². The number of aliphatic hydroxyl groups excluding tert-OH is 1. The van der Waals surface area contributed by atoms with E-state index in [1.807, 2.05) is 12.1 Å². The molecule has 0 unspecified atom stereocenters. The lowest BCUT2D eigenvalue weighted by molar-refractivity contribution is -0.135. The van der Waals surface area contributed by atoms with Gasteiger partial charge in [0.05, 0.1) is 5.01 Å². The summed E-state index contributed by atoms with van der Waals surface area (Å²) in [4.78, 5) is 37.6. The number of ketones is 2. The molecule has 0 saturated heterocycles. The van der Waals surface area contributed by atoms with Crippen LogP contribution in [0.15, 0.2) is 41.5 Å². The van der Waals surface area contributed by atoms with Crippen molar-refractivity contribution in [2.75, 3.05) is 0 Å². The molecule has 118 valence electrons. The maximum Gasteiger partial charge on any atom is 0.371 e. The van der Waals surface area contributed by atoms with Crippen LogP contribution in [0.4, 0.5) is 0 Å². The molecule has 1 aromatic carbocycles. The Morgan fingerprint density at radius 3 is 2.39 bits per heavy atom. The maximum atomic E-state index is 11.8. The molecule has 0 aliphatic carbocycles. The Kier molecular flexibility index (Phi) is 5.02. The number of Topliss-reactive ketones (excluding diaryl/α,β-unsaturated/α-hetero) is 1. The molecule has 1 aromatic heterocycles. The van der Waals surface area contributed by atoms with E-state index in [0.717, 1.165) is 5.56 Å². The van der Waals surface area contributed by atoms with Gasteiger partial charge in [-0.1, -0.05) is 24.3 Å². The highest BCUT2D eigenvalue weighted by Gasteiger charge is 2.13. The van der Waals surface area contributed by atoms with Crippen molar-refractivity contribution in [1.82, 2.24) is 4.98 Å². The largest absolute Gasteiger partial charge is 0.502 e. The molecule has 0 aliphatic heterocycles. The van der Waals surface area contributed by atoms with E-state index < -0.39 is 17.5 Å². The van der Waals surface area contributed by atoms with Gasteiger partial charge in [0.25, 0.3) is 0 Å². The molecule has 0 fully saturated rings. The third kappa shape index (κ3) is 4.33. The van der Waals surface area contributed by atoms with Crippen LogP contribution in [0.1, 0.15) is 38.3 Å². The quantitative estimate of drug-likeness (QED) is 0.479. The first-order valence-corrected chi connectivity index (χ1v) is 7.47.